The van der Waals surface area contributed by atoms with Gasteiger partial charge in [-0.15, -0.1) is 10.2 Å². The molecule has 2 heterocycles. The Bertz CT molecular complexity index is 1170. The quantitative estimate of drug-likeness (QED) is 0.466. The maximum Gasteiger partial charge on any atom is 0.236 e. The number of benzene rings is 2. The zero-order valence-electron chi connectivity index (χ0n) is 16.2. The van der Waals surface area contributed by atoms with E-state index >= 15 is 0 Å². The first-order valence-electron chi connectivity index (χ1n) is 8.90. The van der Waals surface area contributed by atoms with Gasteiger partial charge in [0.2, 0.25) is 5.91 Å². The number of nitrogens with one attached hydrogen (secondary N) is 1. The molecule has 0 bridgehead atoms. The van der Waals surface area contributed by atoms with Crippen LogP contribution in [0.15, 0.2) is 47.6 Å². The number of aromatic nitrogens is 4. The van der Waals surface area contributed by atoms with Crippen molar-refractivity contribution in [3.05, 3.63) is 53.9 Å². The number of ether oxygens (including phenoxy) is 1. The van der Waals surface area contributed by atoms with E-state index in [2.05, 4.69) is 20.5 Å². The van der Waals surface area contributed by atoms with Crippen molar-refractivity contribution in [1.82, 2.24) is 19.7 Å². The third kappa shape index (κ3) is 4.25. The average molecular weight is 426 g/mol. The van der Waals surface area contributed by atoms with Crippen molar-refractivity contribution in [3.8, 4) is 11.4 Å². The van der Waals surface area contributed by atoms with Crippen LogP contribution in [0.2, 0.25) is 0 Å². The fourth-order valence-corrected chi connectivity index (χ4v) is 4.51. The van der Waals surface area contributed by atoms with Crippen molar-refractivity contribution >= 4 is 44.4 Å². The van der Waals surface area contributed by atoms with E-state index in [-0.39, 0.29) is 11.7 Å². The lowest BCUT2D eigenvalue weighted by Crippen LogP contribution is -2.14. The fourth-order valence-electron chi connectivity index (χ4n) is 2.80. The van der Waals surface area contributed by atoms with Gasteiger partial charge < -0.3 is 10.1 Å². The highest BCUT2D eigenvalue weighted by atomic mass is 32.2. The summed E-state index contributed by atoms with van der Waals surface area (Å²) < 4.78 is 8.14. The Morgan fingerprint density at radius 3 is 2.72 bits per heavy atom. The average Bonchev–Trinajstić information content (AvgIpc) is 3.28. The Hall–Kier alpha value is -2.91. The van der Waals surface area contributed by atoms with Crippen LogP contribution in [-0.4, -0.2) is 38.5 Å². The molecule has 7 nitrogen and oxygen atoms in total. The summed E-state index contributed by atoms with van der Waals surface area (Å²) in [6.45, 7) is 3.94. The molecule has 0 aliphatic carbocycles. The van der Waals surface area contributed by atoms with Crippen LogP contribution in [0.1, 0.15) is 11.4 Å². The molecule has 1 N–H and O–H groups in total. The minimum absolute atomic E-state index is 0.142. The van der Waals surface area contributed by atoms with E-state index < -0.39 is 0 Å². The van der Waals surface area contributed by atoms with Crippen LogP contribution in [0.5, 0.6) is 5.75 Å². The molecule has 0 unspecified atom stereocenters. The van der Waals surface area contributed by atoms with Crippen molar-refractivity contribution in [2.24, 2.45) is 0 Å². The number of carbonyl (C=O) groups is 1. The number of thioether (sulfide) groups is 1. The van der Waals surface area contributed by atoms with Gasteiger partial charge in [-0.05, 0) is 44.2 Å². The number of nitrogens with zero attached hydrogens (tertiary/aromatic N) is 4. The summed E-state index contributed by atoms with van der Waals surface area (Å²) in [4.78, 5) is 16.9. The van der Waals surface area contributed by atoms with E-state index in [4.69, 9.17) is 4.74 Å². The first-order valence-corrected chi connectivity index (χ1v) is 10.7. The highest BCUT2D eigenvalue weighted by Gasteiger charge is 2.14. The molecule has 0 saturated carbocycles. The van der Waals surface area contributed by atoms with Crippen molar-refractivity contribution < 1.29 is 9.53 Å². The molecule has 4 rings (SSSR count). The number of carbonyl (C=O) groups excluding carboxylic acids is 1. The van der Waals surface area contributed by atoms with E-state index in [0.29, 0.717) is 10.3 Å². The van der Waals surface area contributed by atoms with Crippen molar-refractivity contribution in [1.29, 1.82) is 0 Å². The van der Waals surface area contributed by atoms with Gasteiger partial charge in [-0.2, -0.15) is 0 Å². The lowest BCUT2D eigenvalue weighted by molar-refractivity contribution is -0.113. The molecule has 0 spiro atoms. The smallest absolute Gasteiger partial charge is 0.236 e. The Morgan fingerprint density at radius 1 is 1.17 bits per heavy atom. The number of hydrogen-bond acceptors (Lipinski definition) is 7. The Kier molecular flexibility index (Phi) is 5.50. The highest BCUT2D eigenvalue weighted by molar-refractivity contribution is 7.99. The van der Waals surface area contributed by atoms with Gasteiger partial charge in [-0.25, -0.2) is 4.98 Å². The van der Waals surface area contributed by atoms with Crippen molar-refractivity contribution in [2.45, 2.75) is 19.0 Å². The van der Waals surface area contributed by atoms with Gasteiger partial charge in [0.15, 0.2) is 10.3 Å². The summed E-state index contributed by atoms with van der Waals surface area (Å²) in [5.41, 5.74) is 2.98. The Labute approximate surface area is 176 Å². The van der Waals surface area contributed by atoms with Gasteiger partial charge in [-0.1, -0.05) is 40.8 Å². The zero-order chi connectivity index (χ0) is 20.4. The molecular weight excluding hydrogens is 406 g/mol. The molecule has 2 aromatic carbocycles. The largest absolute Gasteiger partial charge is 0.497 e. The second-order valence-corrected chi connectivity index (χ2v) is 8.36. The maximum absolute atomic E-state index is 12.4. The maximum atomic E-state index is 12.4. The minimum Gasteiger partial charge on any atom is -0.497 e. The van der Waals surface area contributed by atoms with Crippen LogP contribution in [0.3, 0.4) is 0 Å². The zero-order valence-corrected chi connectivity index (χ0v) is 17.8. The van der Waals surface area contributed by atoms with Crippen LogP contribution in [0, 0.1) is 13.8 Å². The van der Waals surface area contributed by atoms with Gasteiger partial charge >= 0.3 is 0 Å². The van der Waals surface area contributed by atoms with Crippen molar-refractivity contribution in [2.75, 3.05) is 18.2 Å². The third-order valence-electron chi connectivity index (χ3n) is 4.26. The first kappa shape index (κ1) is 19.4. The van der Waals surface area contributed by atoms with Crippen molar-refractivity contribution in [3.63, 3.8) is 0 Å². The monoisotopic (exact) mass is 425 g/mol. The summed E-state index contributed by atoms with van der Waals surface area (Å²) in [5, 5.41) is 12.5. The fraction of sp³-hybridized carbons (Fsp3) is 0.200. The molecule has 0 atom stereocenters. The molecule has 4 aromatic rings. The van der Waals surface area contributed by atoms with Crippen LogP contribution in [0.25, 0.3) is 15.9 Å². The lowest BCUT2D eigenvalue weighted by Gasteiger charge is -2.08. The molecule has 0 saturated heterocycles. The van der Waals surface area contributed by atoms with Crippen LogP contribution < -0.4 is 10.1 Å². The lowest BCUT2D eigenvalue weighted by atomic mass is 10.2. The molecule has 0 radical (unpaired) electrons. The van der Waals surface area contributed by atoms with Gasteiger partial charge in [0, 0.05) is 5.69 Å². The second kappa shape index (κ2) is 8.22. The number of amides is 1. The minimum atomic E-state index is -0.142. The highest BCUT2D eigenvalue weighted by Crippen LogP contribution is 2.29. The number of methoxy groups -OCH3 is 1. The van der Waals surface area contributed by atoms with Gasteiger partial charge in [0.25, 0.3) is 0 Å². The topological polar surface area (TPSA) is 81.9 Å². The van der Waals surface area contributed by atoms with Gasteiger partial charge in [0.1, 0.15) is 11.6 Å². The first-order chi connectivity index (χ1) is 14.0. The standard InChI is InChI=1S/C20H19N5O2S2/c1-12-4-6-14(7-5-12)25-13(2)23-24-20(25)28-11-18(26)22-19-21-16-9-8-15(27-3)10-17(16)29-19/h4-10H,11H2,1-3H3,(H,21,22,26). The predicted molar refractivity (Wildman–Crippen MR) is 116 cm³/mol. The number of fused-ring (bicyclic) bond motifs is 1. The molecule has 9 heteroatoms. The third-order valence-corrected chi connectivity index (χ3v) is 6.12. The molecule has 0 aliphatic heterocycles. The van der Waals surface area contributed by atoms with E-state index in [0.717, 1.165) is 27.5 Å². The summed E-state index contributed by atoms with van der Waals surface area (Å²) in [6, 6.07) is 13.8. The second-order valence-electron chi connectivity index (χ2n) is 6.39. The van der Waals surface area contributed by atoms with Gasteiger partial charge in [-0.3, -0.25) is 9.36 Å². The van der Waals surface area contributed by atoms with E-state index in [1.54, 1.807) is 7.11 Å². The van der Waals surface area contributed by atoms with Crippen LogP contribution >= 0.6 is 23.1 Å². The van der Waals surface area contributed by atoms with E-state index in [1.807, 2.05) is 60.9 Å². The number of anilines is 1. The summed E-state index contributed by atoms with van der Waals surface area (Å²) in [5.74, 6) is 1.61. The van der Waals surface area contributed by atoms with Gasteiger partial charge in [0.05, 0.1) is 23.1 Å². The Morgan fingerprint density at radius 2 is 1.97 bits per heavy atom. The molecule has 148 valence electrons. The normalized spacial score (nSPS) is 11.0. The Balaban J connectivity index is 1.44. The summed E-state index contributed by atoms with van der Waals surface area (Å²) in [6.07, 6.45) is 0. The molecule has 29 heavy (non-hydrogen) atoms. The number of aryl methyl sites for hydroxylation is 2. The molecular formula is C20H19N5O2S2. The summed E-state index contributed by atoms with van der Waals surface area (Å²) >= 11 is 2.76. The molecule has 0 fully saturated rings. The van der Waals surface area contributed by atoms with Crippen LogP contribution in [-0.2, 0) is 4.79 Å². The SMILES string of the molecule is COc1ccc2nc(NC(=O)CSc3nnc(C)n3-c3ccc(C)cc3)sc2c1. The number of rotatable bonds is 6. The number of thiazole rings is 1. The predicted octanol–water partition coefficient (Wildman–Crippen LogP) is 4.23. The van der Waals surface area contributed by atoms with E-state index in [1.165, 1.54) is 28.7 Å². The molecule has 0 aliphatic rings. The summed E-state index contributed by atoms with van der Waals surface area (Å²) in [7, 11) is 1.62. The molecule has 2 aromatic heterocycles. The number of hydrogen-bond donors (Lipinski definition) is 1. The van der Waals surface area contributed by atoms with E-state index in [9.17, 15) is 4.79 Å². The molecule has 1 amide bonds. The van der Waals surface area contributed by atoms with Crippen LogP contribution in [0.4, 0.5) is 5.13 Å².